The third-order valence-corrected chi connectivity index (χ3v) is 6.55. The van der Waals surface area contributed by atoms with Crippen molar-refractivity contribution >= 4 is 20.7 Å². The lowest BCUT2D eigenvalue weighted by atomic mass is 9.58. The molecule has 0 aromatic heterocycles. The molecule has 1 heterocycles. The highest BCUT2D eigenvalue weighted by Gasteiger charge is 2.72. The molecular formula is C22H34ClO6P. The summed E-state index contributed by atoms with van der Waals surface area (Å²) in [5, 5.41) is 28.9. The van der Waals surface area contributed by atoms with E-state index >= 15 is 0 Å². The van der Waals surface area contributed by atoms with Crippen LogP contribution >= 0.6 is 20.7 Å². The Labute approximate surface area is 186 Å². The second-order valence-electron chi connectivity index (χ2n) is 7.55. The number of aromatic hydroxyl groups is 1. The van der Waals surface area contributed by atoms with Crippen LogP contribution in [0.1, 0.15) is 65.4 Å². The zero-order valence-electron chi connectivity index (χ0n) is 18.4. The van der Waals surface area contributed by atoms with Gasteiger partial charge in [0.2, 0.25) is 0 Å². The van der Waals surface area contributed by atoms with Crippen molar-refractivity contribution in [2.75, 3.05) is 7.11 Å². The summed E-state index contributed by atoms with van der Waals surface area (Å²) in [6, 6.07) is 4.76. The van der Waals surface area contributed by atoms with Crippen LogP contribution in [0.25, 0.3) is 0 Å². The Balaban J connectivity index is 0.00000106. The molecule has 1 aromatic carbocycles. The van der Waals surface area contributed by atoms with Crippen molar-refractivity contribution in [1.29, 1.82) is 0 Å². The lowest BCUT2D eigenvalue weighted by Gasteiger charge is -2.61. The number of hydrogen-bond acceptors (Lipinski definition) is 6. The first-order valence-corrected chi connectivity index (χ1v) is 11.1. The standard InChI is InChI=1S/C21H29ClO4.CH4O.HOP/c1-5-8-17-16(7-3)14(6-2)11-13(4)20(17)21(24,26-25-20)15-9-10-18(22)19(23)12-15;2*1-2/h9-10,12-13,17,23-24H,5-8,11H2,1-4H3;2H,1H3;2H. The van der Waals surface area contributed by atoms with E-state index in [9.17, 15) is 10.2 Å². The van der Waals surface area contributed by atoms with E-state index in [4.69, 9.17) is 31.0 Å². The number of phenols is 1. The minimum atomic E-state index is -1.60. The average Bonchev–Trinajstić information content (AvgIpc) is 2.77. The summed E-state index contributed by atoms with van der Waals surface area (Å²) < 4.78 is 8.06. The lowest BCUT2D eigenvalue weighted by molar-refractivity contribution is -0.633. The largest absolute Gasteiger partial charge is 0.506 e. The van der Waals surface area contributed by atoms with Gasteiger partial charge in [-0.25, -0.2) is 4.89 Å². The molecule has 1 aliphatic carbocycles. The summed E-state index contributed by atoms with van der Waals surface area (Å²) in [7, 11) is 2.72. The molecule has 30 heavy (non-hydrogen) atoms. The molecule has 4 unspecified atom stereocenters. The number of halogens is 1. The summed E-state index contributed by atoms with van der Waals surface area (Å²) in [6.45, 7) is 8.64. The van der Waals surface area contributed by atoms with Gasteiger partial charge in [-0.1, -0.05) is 62.9 Å². The molecule has 2 aliphatic rings. The van der Waals surface area contributed by atoms with Crippen molar-refractivity contribution in [2.45, 2.75) is 71.2 Å². The normalized spacial score (nSPS) is 30.0. The number of aliphatic hydroxyl groups is 2. The van der Waals surface area contributed by atoms with Crippen LogP contribution in [-0.4, -0.2) is 28.0 Å². The highest BCUT2D eigenvalue weighted by molar-refractivity contribution is 7.00. The predicted molar refractivity (Wildman–Crippen MR) is 119 cm³/mol. The molecule has 4 atom stereocenters. The highest BCUT2D eigenvalue weighted by atomic mass is 35.5. The van der Waals surface area contributed by atoms with E-state index in [0.29, 0.717) is 5.56 Å². The minimum absolute atomic E-state index is 0.0701. The van der Waals surface area contributed by atoms with E-state index in [1.54, 1.807) is 21.3 Å². The molecular weight excluding hydrogens is 427 g/mol. The summed E-state index contributed by atoms with van der Waals surface area (Å²) in [5.41, 5.74) is 2.48. The van der Waals surface area contributed by atoms with E-state index in [1.807, 2.05) is 0 Å². The SMILES string of the molecule is CCCC1C(CC)=C(CC)CC(C)C12OOC2(O)c1ccc(Cl)c(O)c1.CO.O=P. The van der Waals surface area contributed by atoms with Crippen molar-refractivity contribution in [3.63, 3.8) is 0 Å². The fourth-order valence-corrected chi connectivity index (χ4v) is 5.09. The quantitative estimate of drug-likeness (QED) is 0.303. The lowest BCUT2D eigenvalue weighted by Crippen LogP contribution is -2.72. The predicted octanol–water partition coefficient (Wildman–Crippen LogP) is 5.55. The summed E-state index contributed by atoms with van der Waals surface area (Å²) in [4.78, 5) is 11.2. The average molecular weight is 461 g/mol. The zero-order valence-corrected chi connectivity index (χ0v) is 20.1. The van der Waals surface area contributed by atoms with E-state index in [0.717, 1.165) is 39.2 Å². The van der Waals surface area contributed by atoms with Crippen molar-refractivity contribution in [3.05, 3.63) is 39.9 Å². The van der Waals surface area contributed by atoms with E-state index in [2.05, 4.69) is 27.7 Å². The maximum absolute atomic E-state index is 11.6. The Morgan fingerprint density at radius 1 is 1.17 bits per heavy atom. The maximum atomic E-state index is 11.6. The van der Waals surface area contributed by atoms with Crippen LogP contribution in [-0.2, 0) is 20.1 Å². The van der Waals surface area contributed by atoms with Gasteiger partial charge in [0.05, 0.1) is 5.02 Å². The first-order valence-electron chi connectivity index (χ1n) is 10.3. The molecule has 1 fully saturated rings. The van der Waals surface area contributed by atoms with Crippen LogP contribution in [0.3, 0.4) is 0 Å². The zero-order chi connectivity index (χ0) is 23.1. The van der Waals surface area contributed by atoms with Crippen molar-refractivity contribution < 1.29 is 29.7 Å². The molecule has 1 spiro atoms. The molecule has 6 nitrogen and oxygen atoms in total. The molecule has 8 heteroatoms. The van der Waals surface area contributed by atoms with Gasteiger partial charge in [-0.3, -0.25) is 4.57 Å². The molecule has 1 aromatic rings. The van der Waals surface area contributed by atoms with Gasteiger partial charge in [0.15, 0.2) is 5.60 Å². The van der Waals surface area contributed by atoms with Gasteiger partial charge in [0, 0.05) is 18.6 Å². The smallest absolute Gasteiger partial charge is 0.258 e. The number of phenolic OH excluding ortho intramolecular Hbond substituents is 1. The summed E-state index contributed by atoms with van der Waals surface area (Å²) in [6.07, 6.45) is 4.75. The summed E-state index contributed by atoms with van der Waals surface area (Å²) >= 11 is 5.95. The van der Waals surface area contributed by atoms with E-state index in [-0.39, 0.29) is 22.6 Å². The fraction of sp³-hybridized carbons (Fsp3) is 0.636. The maximum Gasteiger partial charge on any atom is 0.258 e. The minimum Gasteiger partial charge on any atom is -0.506 e. The molecule has 3 rings (SSSR count). The second kappa shape index (κ2) is 11.6. The topological polar surface area (TPSA) is 96.2 Å². The first-order chi connectivity index (χ1) is 14.4. The number of benzene rings is 1. The molecule has 1 saturated heterocycles. The number of hydrogen-bond donors (Lipinski definition) is 3. The highest BCUT2D eigenvalue weighted by Crippen LogP contribution is 2.62. The molecule has 0 saturated carbocycles. The monoisotopic (exact) mass is 460 g/mol. The van der Waals surface area contributed by atoms with E-state index < -0.39 is 11.4 Å². The summed E-state index contributed by atoms with van der Waals surface area (Å²) in [5.74, 6) is -1.51. The molecule has 0 amide bonds. The van der Waals surface area contributed by atoms with Gasteiger partial charge in [0.1, 0.15) is 14.9 Å². The van der Waals surface area contributed by atoms with Crippen LogP contribution in [0.15, 0.2) is 29.3 Å². The second-order valence-corrected chi connectivity index (χ2v) is 7.96. The Kier molecular flexibility index (Phi) is 10.4. The Bertz CT molecular complexity index is 742. The van der Waals surface area contributed by atoms with Crippen LogP contribution < -0.4 is 0 Å². The van der Waals surface area contributed by atoms with Crippen molar-refractivity contribution in [2.24, 2.45) is 11.8 Å². The van der Waals surface area contributed by atoms with Crippen molar-refractivity contribution in [3.8, 4) is 5.75 Å². The Hall–Kier alpha value is -1.01. The molecule has 0 bridgehead atoms. The van der Waals surface area contributed by atoms with Gasteiger partial charge >= 0.3 is 0 Å². The third-order valence-electron chi connectivity index (χ3n) is 6.23. The molecule has 0 radical (unpaired) electrons. The van der Waals surface area contributed by atoms with Gasteiger partial charge in [0.25, 0.3) is 5.79 Å². The van der Waals surface area contributed by atoms with Crippen LogP contribution in [0.4, 0.5) is 0 Å². The van der Waals surface area contributed by atoms with Crippen LogP contribution in [0.2, 0.25) is 5.02 Å². The Morgan fingerprint density at radius 2 is 1.80 bits per heavy atom. The van der Waals surface area contributed by atoms with Crippen LogP contribution in [0.5, 0.6) is 5.75 Å². The molecule has 3 N–H and O–H groups in total. The third kappa shape index (κ3) is 4.32. The first kappa shape index (κ1) is 27.0. The van der Waals surface area contributed by atoms with Crippen LogP contribution in [0, 0.1) is 11.8 Å². The number of aliphatic hydroxyl groups excluding tert-OH is 1. The van der Waals surface area contributed by atoms with Crippen molar-refractivity contribution in [1.82, 2.24) is 0 Å². The fourth-order valence-electron chi connectivity index (χ4n) is 4.97. The molecule has 170 valence electrons. The number of rotatable bonds is 5. The van der Waals surface area contributed by atoms with Gasteiger partial charge in [-0.15, -0.1) is 0 Å². The van der Waals surface area contributed by atoms with Gasteiger partial charge in [-0.2, -0.15) is 4.89 Å². The molecule has 1 aliphatic heterocycles. The van der Waals surface area contributed by atoms with Gasteiger partial charge < -0.3 is 15.3 Å². The van der Waals surface area contributed by atoms with Gasteiger partial charge in [-0.05, 0) is 43.7 Å². The van der Waals surface area contributed by atoms with E-state index in [1.165, 1.54) is 17.2 Å². The Morgan fingerprint density at radius 3 is 2.23 bits per heavy atom. The number of allylic oxidation sites excluding steroid dienone is 1.